The van der Waals surface area contributed by atoms with Gasteiger partial charge in [-0.05, 0) is 44.0 Å². The quantitative estimate of drug-likeness (QED) is 0.658. The number of aliphatic carboxylic acids is 1. The highest BCUT2D eigenvalue weighted by molar-refractivity contribution is 5.99. The molecule has 0 aliphatic rings. The number of hydrogen-bond acceptors (Lipinski definition) is 4. The molecule has 0 aliphatic heterocycles. The van der Waals surface area contributed by atoms with Crippen molar-refractivity contribution in [3.63, 3.8) is 0 Å². The molecule has 0 saturated carbocycles. The molecule has 1 aromatic carbocycles. The number of ketones is 1. The number of nitrogens with one attached hydrogen (secondary N) is 1. The third kappa shape index (κ3) is 5.44. The highest BCUT2D eigenvalue weighted by atomic mass is 16.5. The maximum absolute atomic E-state index is 12.3. The lowest BCUT2D eigenvalue weighted by Crippen LogP contribution is -2.34. The fourth-order valence-corrected chi connectivity index (χ4v) is 2.71. The number of ether oxygens (including phenoxy) is 1. The van der Waals surface area contributed by atoms with Gasteiger partial charge < -0.3 is 19.7 Å². The molecular formula is C20H24N2O5. The van der Waals surface area contributed by atoms with Crippen molar-refractivity contribution in [3.8, 4) is 5.75 Å². The van der Waals surface area contributed by atoms with E-state index in [9.17, 15) is 19.5 Å². The smallest absolute Gasteiger partial charge is 0.308 e. The molecule has 0 radical (unpaired) electrons. The Kier molecular flexibility index (Phi) is 6.76. The molecule has 0 aliphatic carbocycles. The Morgan fingerprint density at radius 3 is 2.41 bits per heavy atom. The molecule has 1 unspecified atom stereocenters. The molecule has 7 nitrogen and oxygen atoms in total. The van der Waals surface area contributed by atoms with E-state index >= 15 is 0 Å². The van der Waals surface area contributed by atoms with Crippen molar-refractivity contribution < 1.29 is 24.2 Å². The lowest BCUT2D eigenvalue weighted by atomic mass is 9.99. The number of Topliss-reactive ketones (excluding diaryl/α,β-unsaturated/α-hetero) is 1. The van der Waals surface area contributed by atoms with Crippen LogP contribution in [0.3, 0.4) is 0 Å². The minimum Gasteiger partial charge on any atom is -0.494 e. The summed E-state index contributed by atoms with van der Waals surface area (Å²) in [4.78, 5) is 35.3. The van der Waals surface area contributed by atoms with Gasteiger partial charge in [-0.2, -0.15) is 0 Å². The number of benzene rings is 1. The van der Waals surface area contributed by atoms with Crippen LogP contribution in [0.5, 0.6) is 5.75 Å². The number of rotatable bonds is 9. The Balaban J connectivity index is 2.00. The second-order valence-corrected chi connectivity index (χ2v) is 6.31. The van der Waals surface area contributed by atoms with Gasteiger partial charge in [-0.15, -0.1) is 0 Å². The van der Waals surface area contributed by atoms with E-state index in [0.717, 1.165) is 11.3 Å². The SMILES string of the molecule is CCOc1ccc(CC(CNC(=O)c2cc(C(C)=O)cn2C)C(=O)O)cc1. The number of carboxylic acids is 1. The van der Waals surface area contributed by atoms with Crippen molar-refractivity contribution in [2.75, 3.05) is 13.2 Å². The van der Waals surface area contributed by atoms with Crippen LogP contribution in [-0.2, 0) is 18.3 Å². The number of carboxylic acid groups (broad SMARTS) is 1. The Morgan fingerprint density at radius 2 is 1.89 bits per heavy atom. The maximum atomic E-state index is 12.3. The first-order valence-electron chi connectivity index (χ1n) is 8.71. The van der Waals surface area contributed by atoms with Crippen LogP contribution in [0.4, 0.5) is 0 Å². The third-order valence-corrected chi connectivity index (χ3v) is 4.22. The second kappa shape index (κ2) is 9.02. The minimum atomic E-state index is -0.986. The van der Waals surface area contributed by atoms with Gasteiger partial charge in [0.1, 0.15) is 11.4 Å². The number of nitrogens with zero attached hydrogens (tertiary/aromatic N) is 1. The third-order valence-electron chi connectivity index (χ3n) is 4.22. The summed E-state index contributed by atoms with van der Waals surface area (Å²) in [7, 11) is 1.66. The van der Waals surface area contributed by atoms with Crippen molar-refractivity contribution in [1.82, 2.24) is 9.88 Å². The van der Waals surface area contributed by atoms with Gasteiger partial charge in [0.25, 0.3) is 5.91 Å². The number of aromatic nitrogens is 1. The summed E-state index contributed by atoms with van der Waals surface area (Å²) in [5.41, 5.74) is 1.59. The van der Waals surface area contributed by atoms with Crippen LogP contribution in [0, 0.1) is 5.92 Å². The highest BCUT2D eigenvalue weighted by Crippen LogP contribution is 2.16. The first-order valence-corrected chi connectivity index (χ1v) is 8.71. The molecule has 2 rings (SSSR count). The van der Waals surface area contributed by atoms with E-state index in [1.165, 1.54) is 13.0 Å². The summed E-state index contributed by atoms with van der Waals surface area (Å²) in [5.74, 6) is -1.57. The molecular weight excluding hydrogens is 348 g/mol. The van der Waals surface area contributed by atoms with Gasteiger partial charge in [-0.25, -0.2) is 0 Å². The highest BCUT2D eigenvalue weighted by Gasteiger charge is 2.21. The predicted molar refractivity (Wildman–Crippen MR) is 100 cm³/mol. The van der Waals surface area contributed by atoms with Crippen molar-refractivity contribution >= 4 is 17.7 Å². The monoisotopic (exact) mass is 372 g/mol. The Bertz CT molecular complexity index is 823. The molecule has 1 heterocycles. The molecule has 1 atom stereocenters. The summed E-state index contributed by atoms with van der Waals surface area (Å²) in [6, 6.07) is 8.73. The second-order valence-electron chi connectivity index (χ2n) is 6.31. The van der Waals surface area contributed by atoms with Crippen LogP contribution in [0.1, 0.15) is 40.3 Å². The van der Waals surface area contributed by atoms with Gasteiger partial charge in [-0.3, -0.25) is 14.4 Å². The predicted octanol–water partition coefficient (Wildman–Crippen LogP) is 2.30. The molecule has 0 fully saturated rings. The largest absolute Gasteiger partial charge is 0.494 e. The molecule has 2 N–H and O–H groups in total. The average molecular weight is 372 g/mol. The molecule has 7 heteroatoms. The van der Waals surface area contributed by atoms with Gasteiger partial charge in [0.05, 0.1) is 12.5 Å². The fourth-order valence-electron chi connectivity index (χ4n) is 2.71. The first kappa shape index (κ1) is 20.2. The van der Waals surface area contributed by atoms with Crippen molar-refractivity contribution in [2.45, 2.75) is 20.3 Å². The molecule has 0 bridgehead atoms. The van der Waals surface area contributed by atoms with Gasteiger partial charge in [0.2, 0.25) is 0 Å². The number of aryl methyl sites for hydroxylation is 1. The van der Waals surface area contributed by atoms with Crippen molar-refractivity contribution in [3.05, 3.63) is 53.3 Å². The zero-order valence-electron chi connectivity index (χ0n) is 15.7. The topological polar surface area (TPSA) is 97.6 Å². The normalized spacial score (nSPS) is 11.7. The van der Waals surface area contributed by atoms with E-state index in [-0.39, 0.29) is 18.7 Å². The molecule has 0 spiro atoms. The number of carbonyl (C=O) groups excluding carboxylic acids is 2. The van der Waals surface area contributed by atoms with Crippen molar-refractivity contribution in [2.24, 2.45) is 13.0 Å². The van der Waals surface area contributed by atoms with E-state index in [4.69, 9.17) is 4.74 Å². The Morgan fingerprint density at radius 1 is 1.22 bits per heavy atom. The Labute approximate surface area is 157 Å². The minimum absolute atomic E-state index is 0.0119. The van der Waals surface area contributed by atoms with E-state index in [1.54, 1.807) is 29.9 Å². The van der Waals surface area contributed by atoms with E-state index in [0.29, 0.717) is 17.9 Å². The van der Waals surface area contributed by atoms with Crippen LogP contribution in [0.2, 0.25) is 0 Å². The summed E-state index contributed by atoms with van der Waals surface area (Å²) in [5, 5.41) is 12.1. The van der Waals surface area contributed by atoms with Crippen LogP contribution in [-0.4, -0.2) is 40.5 Å². The van der Waals surface area contributed by atoms with E-state index in [2.05, 4.69) is 5.32 Å². The van der Waals surface area contributed by atoms with Gasteiger partial charge in [0.15, 0.2) is 5.78 Å². The van der Waals surface area contributed by atoms with Crippen LogP contribution >= 0.6 is 0 Å². The van der Waals surface area contributed by atoms with Crippen LogP contribution < -0.4 is 10.1 Å². The maximum Gasteiger partial charge on any atom is 0.308 e. The summed E-state index contributed by atoms with van der Waals surface area (Å²) < 4.78 is 6.92. The molecule has 144 valence electrons. The molecule has 1 aromatic heterocycles. The molecule has 2 aromatic rings. The molecule has 0 saturated heterocycles. The fraction of sp³-hybridized carbons (Fsp3) is 0.350. The van der Waals surface area contributed by atoms with Gasteiger partial charge in [-0.1, -0.05) is 12.1 Å². The molecule has 1 amide bonds. The zero-order valence-corrected chi connectivity index (χ0v) is 15.7. The number of amides is 1. The first-order chi connectivity index (χ1) is 12.8. The average Bonchev–Trinajstić information content (AvgIpc) is 3.02. The lowest BCUT2D eigenvalue weighted by Gasteiger charge is -2.14. The lowest BCUT2D eigenvalue weighted by molar-refractivity contribution is -0.141. The van der Waals surface area contributed by atoms with Crippen LogP contribution in [0.25, 0.3) is 0 Å². The van der Waals surface area contributed by atoms with Gasteiger partial charge in [0, 0.05) is 25.4 Å². The van der Waals surface area contributed by atoms with Gasteiger partial charge >= 0.3 is 5.97 Å². The number of carbonyl (C=O) groups is 3. The summed E-state index contributed by atoms with van der Waals surface area (Å²) >= 11 is 0. The molecule has 27 heavy (non-hydrogen) atoms. The zero-order chi connectivity index (χ0) is 20.0. The summed E-state index contributed by atoms with van der Waals surface area (Å²) in [6.07, 6.45) is 1.86. The van der Waals surface area contributed by atoms with E-state index < -0.39 is 17.8 Å². The standard InChI is InChI=1S/C20H24N2O5/c1-4-27-17-7-5-14(6-8-17)9-15(20(25)26)11-21-19(24)18-10-16(13(2)23)12-22(18)3/h5-8,10,12,15H,4,9,11H2,1-3H3,(H,21,24)(H,25,26). The number of hydrogen-bond donors (Lipinski definition) is 2. The van der Waals surface area contributed by atoms with Crippen LogP contribution in [0.15, 0.2) is 36.5 Å². The van der Waals surface area contributed by atoms with Crippen molar-refractivity contribution in [1.29, 1.82) is 0 Å². The van der Waals surface area contributed by atoms with E-state index in [1.807, 2.05) is 19.1 Å². The Hall–Kier alpha value is -3.09. The summed E-state index contributed by atoms with van der Waals surface area (Å²) in [6.45, 7) is 3.87.